The van der Waals surface area contributed by atoms with Crippen LogP contribution < -0.4 is 10.6 Å². The molecule has 0 heterocycles. The maximum Gasteiger partial charge on any atom is 0.0465 e. The summed E-state index contributed by atoms with van der Waals surface area (Å²) in [6.07, 6.45) is 0. The minimum absolute atomic E-state index is 0.519. The van der Waals surface area contributed by atoms with Crippen molar-refractivity contribution >= 4 is 23.2 Å². The second-order valence-electron chi connectivity index (χ2n) is 3.99. The molecule has 0 aromatic heterocycles. The average molecular weight is 261 g/mol. The van der Waals surface area contributed by atoms with E-state index in [9.17, 15) is 0 Å². The summed E-state index contributed by atoms with van der Waals surface area (Å²) in [6.45, 7) is 6.81. The summed E-state index contributed by atoms with van der Waals surface area (Å²) in [4.78, 5) is 0. The molecule has 0 radical (unpaired) electrons. The van der Waals surface area contributed by atoms with Crippen LogP contribution in [-0.2, 0) is 6.54 Å². The molecule has 0 unspecified atom stereocenters. The number of hydrogen-bond acceptors (Lipinski definition) is 2. The summed E-state index contributed by atoms with van der Waals surface area (Å²) in [6, 6.07) is 6.09. The normalized spacial score (nSPS) is 11.1. The molecule has 0 aliphatic carbocycles. The number of benzene rings is 1. The van der Waals surface area contributed by atoms with E-state index in [1.54, 1.807) is 0 Å². The van der Waals surface area contributed by atoms with Gasteiger partial charge in [0, 0.05) is 41.3 Å². The van der Waals surface area contributed by atoms with Crippen LogP contribution in [0.1, 0.15) is 19.4 Å². The molecule has 16 heavy (non-hydrogen) atoms. The van der Waals surface area contributed by atoms with Crippen LogP contribution in [0.15, 0.2) is 18.2 Å². The first-order valence-corrected chi connectivity index (χ1v) is 6.24. The zero-order chi connectivity index (χ0) is 12.0. The van der Waals surface area contributed by atoms with Crippen LogP contribution in [0.3, 0.4) is 0 Å². The molecule has 0 aliphatic heterocycles. The fourth-order valence-corrected chi connectivity index (χ4v) is 1.89. The Balaban J connectivity index is 2.32. The van der Waals surface area contributed by atoms with E-state index >= 15 is 0 Å². The van der Waals surface area contributed by atoms with Crippen LogP contribution in [0.4, 0.5) is 0 Å². The standard InChI is InChI=1S/C12H18Cl2N2/c1-9(2)16-7-6-15-8-10-11(13)4-3-5-12(10)14/h3-5,9,15-16H,6-8H2,1-2H3. The smallest absolute Gasteiger partial charge is 0.0465 e. The summed E-state index contributed by atoms with van der Waals surface area (Å²) in [5.74, 6) is 0. The molecule has 0 fully saturated rings. The van der Waals surface area contributed by atoms with E-state index < -0.39 is 0 Å². The van der Waals surface area contributed by atoms with Crippen molar-refractivity contribution in [3.8, 4) is 0 Å². The van der Waals surface area contributed by atoms with Gasteiger partial charge in [-0.05, 0) is 12.1 Å². The van der Waals surface area contributed by atoms with Crippen molar-refractivity contribution in [3.63, 3.8) is 0 Å². The predicted molar refractivity (Wildman–Crippen MR) is 71.3 cm³/mol. The lowest BCUT2D eigenvalue weighted by Gasteiger charge is -2.10. The molecule has 1 aromatic rings. The molecule has 1 rings (SSSR count). The van der Waals surface area contributed by atoms with Gasteiger partial charge in [-0.3, -0.25) is 0 Å². The number of nitrogens with one attached hydrogen (secondary N) is 2. The van der Waals surface area contributed by atoms with Gasteiger partial charge in [0.1, 0.15) is 0 Å². The summed E-state index contributed by atoms with van der Waals surface area (Å²) < 4.78 is 0. The summed E-state index contributed by atoms with van der Waals surface area (Å²) in [5.41, 5.74) is 0.968. The molecule has 90 valence electrons. The molecule has 0 amide bonds. The van der Waals surface area contributed by atoms with E-state index in [0.29, 0.717) is 12.6 Å². The first kappa shape index (κ1) is 13.8. The van der Waals surface area contributed by atoms with E-state index in [2.05, 4.69) is 24.5 Å². The Morgan fingerprint density at radius 2 is 1.75 bits per heavy atom. The second kappa shape index (κ2) is 7.13. The Kier molecular flexibility index (Phi) is 6.14. The highest BCUT2D eigenvalue weighted by atomic mass is 35.5. The summed E-state index contributed by atoms with van der Waals surface area (Å²) in [7, 11) is 0. The van der Waals surface area contributed by atoms with Gasteiger partial charge in [-0.15, -0.1) is 0 Å². The molecule has 0 atom stereocenters. The van der Waals surface area contributed by atoms with Crippen molar-refractivity contribution in [2.24, 2.45) is 0 Å². The van der Waals surface area contributed by atoms with Crippen molar-refractivity contribution < 1.29 is 0 Å². The van der Waals surface area contributed by atoms with Gasteiger partial charge in [0.05, 0.1) is 0 Å². The molecule has 0 saturated carbocycles. The van der Waals surface area contributed by atoms with Crippen molar-refractivity contribution in [2.45, 2.75) is 26.4 Å². The minimum atomic E-state index is 0.519. The molecule has 2 N–H and O–H groups in total. The first-order valence-electron chi connectivity index (χ1n) is 5.48. The Bertz CT molecular complexity index is 307. The maximum atomic E-state index is 6.05. The predicted octanol–water partition coefficient (Wildman–Crippen LogP) is 3.08. The van der Waals surface area contributed by atoms with Gasteiger partial charge in [-0.2, -0.15) is 0 Å². The van der Waals surface area contributed by atoms with Crippen LogP contribution in [0.5, 0.6) is 0 Å². The fraction of sp³-hybridized carbons (Fsp3) is 0.500. The number of rotatable bonds is 6. The van der Waals surface area contributed by atoms with E-state index in [0.717, 1.165) is 28.7 Å². The Hall–Kier alpha value is -0.280. The highest BCUT2D eigenvalue weighted by Gasteiger charge is 2.03. The lowest BCUT2D eigenvalue weighted by atomic mass is 10.2. The molecule has 2 nitrogen and oxygen atoms in total. The minimum Gasteiger partial charge on any atom is -0.313 e. The quantitative estimate of drug-likeness (QED) is 0.769. The fourth-order valence-electron chi connectivity index (χ4n) is 1.36. The SMILES string of the molecule is CC(C)NCCNCc1c(Cl)cccc1Cl. The zero-order valence-corrected chi connectivity index (χ0v) is 11.2. The summed E-state index contributed by atoms with van der Waals surface area (Å²) in [5, 5.41) is 8.08. The molecular weight excluding hydrogens is 243 g/mol. The van der Waals surface area contributed by atoms with Crippen LogP contribution in [-0.4, -0.2) is 19.1 Å². The Morgan fingerprint density at radius 1 is 1.12 bits per heavy atom. The highest BCUT2D eigenvalue weighted by molar-refractivity contribution is 6.35. The zero-order valence-electron chi connectivity index (χ0n) is 9.69. The van der Waals surface area contributed by atoms with Gasteiger partial charge < -0.3 is 10.6 Å². The van der Waals surface area contributed by atoms with Gasteiger partial charge in [0.25, 0.3) is 0 Å². The van der Waals surface area contributed by atoms with E-state index in [1.807, 2.05) is 18.2 Å². The van der Waals surface area contributed by atoms with Crippen LogP contribution in [0.25, 0.3) is 0 Å². The third-order valence-electron chi connectivity index (χ3n) is 2.22. The van der Waals surface area contributed by atoms with Crippen molar-refractivity contribution in [1.29, 1.82) is 0 Å². The molecular formula is C12H18Cl2N2. The lowest BCUT2D eigenvalue weighted by Crippen LogP contribution is -2.31. The number of halogens is 2. The van der Waals surface area contributed by atoms with E-state index in [1.165, 1.54) is 0 Å². The van der Waals surface area contributed by atoms with Gasteiger partial charge in [-0.25, -0.2) is 0 Å². The molecule has 0 bridgehead atoms. The number of hydrogen-bond donors (Lipinski definition) is 2. The van der Waals surface area contributed by atoms with Crippen molar-refractivity contribution in [2.75, 3.05) is 13.1 Å². The van der Waals surface area contributed by atoms with Crippen molar-refractivity contribution in [3.05, 3.63) is 33.8 Å². The van der Waals surface area contributed by atoms with Crippen LogP contribution in [0.2, 0.25) is 10.0 Å². The average Bonchev–Trinajstić information content (AvgIpc) is 2.21. The topological polar surface area (TPSA) is 24.1 Å². The lowest BCUT2D eigenvalue weighted by molar-refractivity contribution is 0.556. The molecule has 0 spiro atoms. The summed E-state index contributed by atoms with van der Waals surface area (Å²) >= 11 is 12.1. The molecule has 0 aliphatic rings. The molecule has 0 saturated heterocycles. The van der Waals surface area contributed by atoms with Crippen LogP contribution in [0, 0.1) is 0 Å². The largest absolute Gasteiger partial charge is 0.313 e. The Labute approximate surface area is 107 Å². The van der Waals surface area contributed by atoms with Crippen LogP contribution >= 0.6 is 23.2 Å². The van der Waals surface area contributed by atoms with Gasteiger partial charge in [-0.1, -0.05) is 43.1 Å². The Morgan fingerprint density at radius 3 is 2.31 bits per heavy atom. The van der Waals surface area contributed by atoms with Crippen molar-refractivity contribution in [1.82, 2.24) is 10.6 Å². The van der Waals surface area contributed by atoms with Gasteiger partial charge in [0.2, 0.25) is 0 Å². The second-order valence-corrected chi connectivity index (χ2v) is 4.80. The van der Waals surface area contributed by atoms with E-state index in [-0.39, 0.29) is 0 Å². The van der Waals surface area contributed by atoms with E-state index in [4.69, 9.17) is 23.2 Å². The monoisotopic (exact) mass is 260 g/mol. The maximum absolute atomic E-state index is 6.05. The van der Waals surface area contributed by atoms with Gasteiger partial charge in [0.15, 0.2) is 0 Å². The van der Waals surface area contributed by atoms with Gasteiger partial charge >= 0.3 is 0 Å². The third-order valence-corrected chi connectivity index (χ3v) is 2.93. The molecule has 4 heteroatoms. The third kappa shape index (κ3) is 4.71. The highest BCUT2D eigenvalue weighted by Crippen LogP contribution is 2.23. The first-order chi connectivity index (χ1) is 7.61. The molecule has 1 aromatic carbocycles.